The number of nitrogens with two attached hydrogens (primary N) is 1. The first-order chi connectivity index (χ1) is 7.97. The number of hydrogen-bond donors (Lipinski definition) is 1. The number of rotatable bonds is 1. The van der Waals surface area contributed by atoms with Crippen molar-refractivity contribution >= 4 is 11.6 Å². The van der Waals surface area contributed by atoms with Gasteiger partial charge in [-0.15, -0.1) is 0 Å². The lowest BCUT2D eigenvalue weighted by molar-refractivity contribution is -0.179. The molecule has 2 N–H and O–H groups in total. The van der Waals surface area contributed by atoms with Crippen molar-refractivity contribution in [1.29, 1.82) is 0 Å². The minimum absolute atomic E-state index is 0.125. The predicted octanol–water partition coefficient (Wildman–Crippen LogP) is 2.44. The van der Waals surface area contributed by atoms with Crippen LogP contribution in [0.2, 0.25) is 0 Å². The summed E-state index contributed by atoms with van der Waals surface area (Å²) in [6.45, 7) is 0.751. The maximum atomic E-state index is 12.5. The second-order valence-corrected chi connectivity index (χ2v) is 4.22. The summed E-state index contributed by atoms with van der Waals surface area (Å²) in [5.74, 6) is -0.133. The van der Waals surface area contributed by atoms with E-state index >= 15 is 0 Å². The molecule has 1 aliphatic rings. The Balaban J connectivity index is 2.00. The average Bonchev–Trinajstić information content (AvgIpc) is 2.28. The molecule has 0 spiro atoms. The van der Waals surface area contributed by atoms with E-state index in [1.165, 1.54) is 0 Å². The molecule has 0 atom stereocenters. The lowest BCUT2D eigenvalue weighted by atomic mass is 9.96. The highest BCUT2D eigenvalue weighted by atomic mass is 19.4. The molecule has 0 radical (unpaired) electrons. The summed E-state index contributed by atoms with van der Waals surface area (Å²) in [7, 11) is 0. The summed E-state index contributed by atoms with van der Waals surface area (Å²) < 4.78 is 37.4. The Morgan fingerprint density at radius 3 is 2.41 bits per heavy atom. The van der Waals surface area contributed by atoms with Crippen LogP contribution in [0.1, 0.15) is 12.8 Å². The molecule has 0 amide bonds. The van der Waals surface area contributed by atoms with Crippen LogP contribution in [0, 0.1) is 5.92 Å². The summed E-state index contributed by atoms with van der Waals surface area (Å²) >= 11 is 0. The summed E-state index contributed by atoms with van der Waals surface area (Å²) in [5.41, 5.74) is 5.54. The van der Waals surface area contributed by atoms with E-state index < -0.39 is 12.1 Å². The third kappa shape index (κ3) is 2.81. The van der Waals surface area contributed by atoms with Crippen molar-refractivity contribution in [1.82, 2.24) is 4.98 Å². The molecule has 17 heavy (non-hydrogen) atoms. The van der Waals surface area contributed by atoms with Gasteiger partial charge in [0.05, 0.1) is 5.92 Å². The highest BCUT2D eigenvalue weighted by molar-refractivity contribution is 5.45. The van der Waals surface area contributed by atoms with Gasteiger partial charge in [-0.1, -0.05) is 6.07 Å². The number of anilines is 2. The molecule has 3 nitrogen and oxygen atoms in total. The van der Waals surface area contributed by atoms with Gasteiger partial charge in [0.2, 0.25) is 0 Å². The first-order valence-corrected chi connectivity index (χ1v) is 5.51. The molecule has 6 heteroatoms. The Hall–Kier alpha value is -1.46. The zero-order valence-corrected chi connectivity index (χ0v) is 9.24. The average molecular weight is 245 g/mol. The molecule has 0 saturated carbocycles. The van der Waals surface area contributed by atoms with E-state index in [-0.39, 0.29) is 12.8 Å². The van der Waals surface area contributed by atoms with Crippen LogP contribution in [-0.4, -0.2) is 24.2 Å². The number of halogens is 3. The fourth-order valence-electron chi connectivity index (χ4n) is 2.05. The highest BCUT2D eigenvalue weighted by Crippen LogP contribution is 2.35. The zero-order chi connectivity index (χ0) is 12.5. The van der Waals surface area contributed by atoms with Crippen molar-refractivity contribution in [2.75, 3.05) is 23.7 Å². The molecule has 0 aliphatic carbocycles. The Morgan fingerprint density at radius 1 is 1.24 bits per heavy atom. The fourth-order valence-corrected chi connectivity index (χ4v) is 2.05. The Kier molecular flexibility index (Phi) is 3.13. The van der Waals surface area contributed by atoms with Gasteiger partial charge in [-0.2, -0.15) is 13.2 Å². The summed E-state index contributed by atoms with van der Waals surface area (Å²) in [5, 5.41) is 0. The number of alkyl halides is 3. The van der Waals surface area contributed by atoms with Crippen LogP contribution in [0.4, 0.5) is 24.8 Å². The first-order valence-electron chi connectivity index (χ1n) is 5.51. The van der Waals surface area contributed by atoms with Gasteiger partial charge < -0.3 is 10.6 Å². The van der Waals surface area contributed by atoms with Crippen molar-refractivity contribution in [2.45, 2.75) is 19.0 Å². The molecule has 0 unspecified atom stereocenters. The van der Waals surface area contributed by atoms with E-state index in [9.17, 15) is 13.2 Å². The van der Waals surface area contributed by atoms with Crippen molar-refractivity contribution in [3.63, 3.8) is 0 Å². The second kappa shape index (κ2) is 4.43. The maximum absolute atomic E-state index is 12.5. The predicted molar refractivity (Wildman–Crippen MR) is 59.6 cm³/mol. The van der Waals surface area contributed by atoms with Gasteiger partial charge in [0, 0.05) is 13.1 Å². The number of hydrogen-bond acceptors (Lipinski definition) is 3. The molecule has 1 aliphatic heterocycles. The summed E-state index contributed by atoms with van der Waals surface area (Å²) in [6, 6.07) is 5.18. The SMILES string of the molecule is Nc1cccc(N2CCC(C(F)(F)F)CC2)n1. The van der Waals surface area contributed by atoms with E-state index in [4.69, 9.17) is 5.73 Å². The van der Waals surface area contributed by atoms with E-state index in [1.54, 1.807) is 18.2 Å². The molecular weight excluding hydrogens is 231 g/mol. The minimum Gasteiger partial charge on any atom is -0.384 e. The molecule has 0 bridgehead atoms. The van der Waals surface area contributed by atoms with Crippen LogP contribution in [0.15, 0.2) is 18.2 Å². The Morgan fingerprint density at radius 2 is 1.88 bits per heavy atom. The van der Waals surface area contributed by atoms with E-state index in [0.717, 1.165) is 0 Å². The number of aromatic nitrogens is 1. The smallest absolute Gasteiger partial charge is 0.384 e. The zero-order valence-electron chi connectivity index (χ0n) is 9.24. The Bertz CT molecular complexity index is 384. The van der Waals surface area contributed by atoms with Crippen LogP contribution < -0.4 is 10.6 Å². The quantitative estimate of drug-likeness (QED) is 0.826. The highest BCUT2D eigenvalue weighted by Gasteiger charge is 2.41. The van der Waals surface area contributed by atoms with Crippen molar-refractivity contribution in [2.24, 2.45) is 5.92 Å². The van der Waals surface area contributed by atoms with Crippen LogP contribution in [0.5, 0.6) is 0 Å². The largest absolute Gasteiger partial charge is 0.391 e. The number of pyridine rings is 1. The van der Waals surface area contributed by atoms with Gasteiger partial charge in [0.15, 0.2) is 0 Å². The van der Waals surface area contributed by atoms with Crippen molar-refractivity contribution < 1.29 is 13.2 Å². The monoisotopic (exact) mass is 245 g/mol. The number of nitrogens with zero attached hydrogens (tertiary/aromatic N) is 2. The van der Waals surface area contributed by atoms with E-state index in [1.807, 2.05) is 4.90 Å². The van der Waals surface area contributed by atoms with Crippen LogP contribution >= 0.6 is 0 Å². The molecule has 1 aromatic heterocycles. The molecule has 0 aromatic carbocycles. The van der Waals surface area contributed by atoms with Gasteiger partial charge in [0.1, 0.15) is 11.6 Å². The van der Waals surface area contributed by atoms with Gasteiger partial charge in [-0.05, 0) is 25.0 Å². The minimum atomic E-state index is -4.07. The molecule has 2 rings (SSSR count). The van der Waals surface area contributed by atoms with Gasteiger partial charge in [-0.25, -0.2) is 4.98 Å². The second-order valence-electron chi connectivity index (χ2n) is 4.22. The van der Waals surface area contributed by atoms with Gasteiger partial charge >= 0.3 is 6.18 Å². The number of piperidine rings is 1. The normalized spacial score (nSPS) is 18.4. The van der Waals surface area contributed by atoms with Gasteiger partial charge in [0.25, 0.3) is 0 Å². The van der Waals surface area contributed by atoms with E-state index in [2.05, 4.69) is 4.98 Å². The standard InChI is InChI=1S/C11H14F3N3/c12-11(13,14)8-4-6-17(7-5-8)10-3-1-2-9(15)16-10/h1-3,8H,4-7H2,(H2,15,16). The van der Waals surface area contributed by atoms with E-state index in [0.29, 0.717) is 24.7 Å². The molecule has 2 heterocycles. The van der Waals surface area contributed by atoms with Gasteiger partial charge in [-0.3, -0.25) is 0 Å². The third-order valence-corrected chi connectivity index (χ3v) is 3.04. The topological polar surface area (TPSA) is 42.1 Å². The number of nitrogen functional groups attached to an aromatic ring is 1. The molecule has 1 fully saturated rings. The lowest BCUT2D eigenvalue weighted by Crippen LogP contribution is -2.39. The van der Waals surface area contributed by atoms with Crippen molar-refractivity contribution in [3.8, 4) is 0 Å². The van der Waals surface area contributed by atoms with Crippen LogP contribution in [0.25, 0.3) is 0 Å². The van der Waals surface area contributed by atoms with Crippen LogP contribution in [-0.2, 0) is 0 Å². The lowest BCUT2D eigenvalue weighted by Gasteiger charge is -2.33. The molecular formula is C11H14F3N3. The fraction of sp³-hybridized carbons (Fsp3) is 0.545. The summed E-state index contributed by atoms with van der Waals surface area (Å²) in [4.78, 5) is 5.95. The maximum Gasteiger partial charge on any atom is 0.391 e. The molecule has 1 saturated heterocycles. The van der Waals surface area contributed by atoms with Crippen molar-refractivity contribution in [3.05, 3.63) is 18.2 Å². The summed E-state index contributed by atoms with van der Waals surface area (Å²) in [6.07, 6.45) is -3.82. The van der Waals surface area contributed by atoms with Crippen LogP contribution in [0.3, 0.4) is 0 Å². The molecule has 1 aromatic rings. The third-order valence-electron chi connectivity index (χ3n) is 3.04. The first kappa shape index (κ1) is 12.0. The molecule has 94 valence electrons. The Labute approximate surface area is 97.4 Å².